The Balaban J connectivity index is 1.98. The van der Waals surface area contributed by atoms with E-state index >= 15 is 0 Å². The van der Waals surface area contributed by atoms with E-state index in [0.29, 0.717) is 6.54 Å². The van der Waals surface area contributed by atoms with Crippen molar-refractivity contribution in [1.82, 2.24) is 4.90 Å². The molecular weight excluding hydrogens is 374 g/mol. The van der Waals surface area contributed by atoms with Crippen LogP contribution in [0, 0.1) is 0 Å². The molecule has 0 radical (unpaired) electrons. The second kappa shape index (κ2) is 10.5. The van der Waals surface area contributed by atoms with Crippen molar-refractivity contribution in [3.05, 3.63) is 114 Å². The molecule has 154 valence electrons. The Morgan fingerprint density at radius 1 is 0.867 bits per heavy atom. The van der Waals surface area contributed by atoms with Crippen LogP contribution in [0.2, 0.25) is 0 Å². The summed E-state index contributed by atoms with van der Waals surface area (Å²) in [6.07, 6.45) is 2.47. The van der Waals surface area contributed by atoms with Gasteiger partial charge < -0.3 is 10.2 Å². The predicted molar refractivity (Wildman–Crippen MR) is 120 cm³/mol. The zero-order valence-corrected chi connectivity index (χ0v) is 17.0. The molecule has 3 rings (SSSR count). The number of carboxylic acids is 1. The fourth-order valence-corrected chi connectivity index (χ4v) is 3.65. The van der Waals surface area contributed by atoms with Crippen LogP contribution < -0.4 is 0 Å². The second-order valence-corrected chi connectivity index (χ2v) is 7.24. The first-order chi connectivity index (χ1) is 14.6. The molecule has 4 heteroatoms. The lowest BCUT2D eigenvalue weighted by molar-refractivity contribution is -0.151. The molecule has 0 saturated carbocycles. The van der Waals surface area contributed by atoms with Crippen molar-refractivity contribution in [2.75, 3.05) is 6.54 Å². The van der Waals surface area contributed by atoms with Crippen molar-refractivity contribution in [1.29, 1.82) is 0 Å². The van der Waals surface area contributed by atoms with Crippen molar-refractivity contribution in [3.8, 4) is 0 Å². The maximum Gasteiger partial charge on any atom is 0.334 e. The van der Waals surface area contributed by atoms with Crippen LogP contribution in [0.15, 0.2) is 97.1 Å². The molecule has 3 atom stereocenters. The normalized spacial score (nSPS) is 14.5. The van der Waals surface area contributed by atoms with Gasteiger partial charge >= 0.3 is 5.97 Å². The summed E-state index contributed by atoms with van der Waals surface area (Å²) in [7, 11) is 0. The molecule has 0 aromatic heterocycles. The molecule has 0 heterocycles. The molecule has 0 aliphatic heterocycles. The maximum absolute atomic E-state index is 11.8. The first-order valence-corrected chi connectivity index (χ1v) is 10.1. The van der Waals surface area contributed by atoms with E-state index in [1.54, 1.807) is 0 Å². The molecular formula is C26H27NO3. The van der Waals surface area contributed by atoms with E-state index in [4.69, 9.17) is 0 Å². The molecule has 0 bridgehead atoms. The van der Waals surface area contributed by atoms with Crippen molar-refractivity contribution >= 4 is 12.0 Å². The Hall–Kier alpha value is -3.21. The van der Waals surface area contributed by atoms with E-state index < -0.39 is 18.1 Å². The van der Waals surface area contributed by atoms with E-state index in [-0.39, 0.29) is 6.04 Å². The molecule has 3 aromatic rings. The van der Waals surface area contributed by atoms with Gasteiger partial charge in [0.1, 0.15) is 0 Å². The number of nitrogens with zero attached hydrogens (tertiary/aromatic N) is 1. The van der Waals surface area contributed by atoms with Crippen LogP contribution in [0.25, 0.3) is 6.08 Å². The van der Waals surface area contributed by atoms with Crippen LogP contribution in [0.5, 0.6) is 0 Å². The second-order valence-electron chi connectivity index (χ2n) is 7.24. The predicted octanol–water partition coefficient (Wildman–Crippen LogP) is 4.95. The summed E-state index contributed by atoms with van der Waals surface area (Å²) in [6, 6.07) is 28.4. The average molecular weight is 402 g/mol. The first-order valence-electron chi connectivity index (χ1n) is 10.1. The lowest BCUT2D eigenvalue weighted by Gasteiger charge is -2.37. The molecule has 3 aromatic carbocycles. The lowest BCUT2D eigenvalue weighted by atomic mass is 9.95. The van der Waals surface area contributed by atoms with Gasteiger partial charge in [-0.2, -0.15) is 0 Å². The van der Waals surface area contributed by atoms with Gasteiger partial charge in [-0.1, -0.05) is 103 Å². The quantitative estimate of drug-likeness (QED) is 0.533. The summed E-state index contributed by atoms with van der Waals surface area (Å²) in [4.78, 5) is 13.8. The van der Waals surface area contributed by atoms with Crippen LogP contribution >= 0.6 is 0 Å². The minimum Gasteiger partial charge on any atom is -0.479 e. The van der Waals surface area contributed by atoms with Gasteiger partial charge in [-0.25, -0.2) is 4.79 Å². The third kappa shape index (κ3) is 5.44. The largest absolute Gasteiger partial charge is 0.479 e. The van der Waals surface area contributed by atoms with Gasteiger partial charge in [0.25, 0.3) is 0 Å². The Bertz CT molecular complexity index is 942. The number of aliphatic hydroxyl groups is 1. The van der Waals surface area contributed by atoms with Crippen molar-refractivity contribution in [3.63, 3.8) is 0 Å². The number of hydrogen-bond acceptors (Lipinski definition) is 3. The SMILES string of the molecule is CC(c1ccccc1)N(CC=Cc1ccccc1)C(c1ccccc1)C(O)C(=O)O. The Kier molecular flexibility index (Phi) is 7.55. The Morgan fingerprint density at radius 2 is 1.37 bits per heavy atom. The number of aliphatic hydroxyl groups excluding tert-OH is 1. The number of carbonyl (C=O) groups is 1. The number of aliphatic carboxylic acids is 1. The zero-order valence-electron chi connectivity index (χ0n) is 17.0. The average Bonchev–Trinajstić information content (AvgIpc) is 2.79. The van der Waals surface area contributed by atoms with E-state index in [0.717, 1.165) is 16.7 Å². The third-order valence-corrected chi connectivity index (χ3v) is 5.26. The number of carboxylic acid groups (broad SMARTS) is 1. The molecule has 0 aliphatic rings. The van der Waals surface area contributed by atoms with Crippen LogP contribution in [0.4, 0.5) is 0 Å². The van der Waals surface area contributed by atoms with Crippen molar-refractivity contribution in [2.24, 2.45) is 0 Å². The van der Waals surface area contributed by atoms with E-state index in [1.807, 2.05) is 115 Å². The lowest BCUT2D eigenvalue weighted by Crippen LogP contribution is -2.42. The molecule has 0 aliphatic carbocycles. The van der Waals surface area contributed by atoms with E-state index in [1.165, 1.54) is 0 Å². The van der Waals surface area contributed by atoms with Gasteiger partial charge in [-0.05, 0) is 23.6 Å². The van der Waals surface area contributed by atoms with Crippen molar-refractivity contribution in [2.45, 2.75) is 25.1 Å². The number of rotatable bonds is 9. The van der Waals surface area contributed by atoms with Gasteiger partial charge in [0.2, 0.25) is 0 Å². The Morgan fingerprint density at radius 3 is 1.90 bits per heavy atom. The highest BCUT2D eigenvalue weighted by molar-refractivity contribution is 5.73. The highest BCUT2D eigenvalue weighted by Crippen LogP contribution is 2.33. The highest BCUT2D eigenvalue weighted by Gasteiger charge is 2.34. The molecule has 0 amide bonds. The standard InChI is InChI=1S/C26H27NO3/c1-20(22-15-7-3-8-16-22)27(19-11-14-21-12-5-2-6-13-21)24(25(28)26(29)30)23-17-9-4-10-18-23/h2-18,20,24-25,28H,19H2,1H3,(H,29,30). The molecule has 0 saturated heterocycles. The van der Waals surface area contributed by atoms with Gasteiger partial charge in [-0.15, -0.1) is 0 Å². The van der Waals surface area contributed by atoms with E-state index in [2.05, 4.69) is 0 Å². The molecule has 4 nitrogen and oxygen atoms in total. The summed E-state index contributed by atoms with van der Waals surface area (Å²) in [6.45, 7) is 2.52. The van der Waals surface area contributed by atoms with Crippen LogP contribution in [0.1, 0.15) is 35.7 Å². The summed E-state index contributed by atoms with van der Waals surface area (Å²) < 4.78 is 0. The van der Waals surface area contributed by atoms with Crippen LogP contribution in [0.3, 0.4) is 0 Å². The molecule has 0 fully saturated rings. The summed E-state index contributed by atoms with van der Waals surface area (Å²) >= 11 is 0. The monoisotopic (exact) mass is 401 g/mol. The molecule has 0 spiro atoms. The third-order valence-electron chi connectivity index (χ3n) is 5.26. The molecule has 30 heavy (non-hydrogen) atoms. The highest BCUT2D eigenvalue weighted by atomic mass is 16.4. The summed E-state index contributed by atoms with van der Waals surface area (Å²) in [5, 5.41) is 20.3. The van der Waals surface area contributed by atoms with E-state index in [9.17, 15) is 15.0 Å². The minimum absolute atomic E-state index is 0.106. The van der Waals surface area contributed by atoms with Gasteiger partial charge in [0, 0.05) is 12.6 Å². The maximum atomic E-state index is 11.8. The van der Waals surface area contributed by atoms with Crippen LogP contribution in [-0.4, -0.2) is 33.7 Å². The number of hydrogen-bond donors (Lipinski definition) is 2. The van der Waals surface area contributed by atoms with Crippen molar-refractivity contribution < 1.29 is 15.0 Å². The number of benzene rings is 3. The van der Waals surface area contributed by atoms with Gasteiger partial charge in [0.05, 0.1) is 6.04 Å². The zero-order chi connectivity index (χ0) is 21.3. The fourth-order valence-electron chi connectivity index (χ4n) is 3.65. The summed E-state index contributed by atoms with van der Waals surface area (Å²) in [5.41, 5.74) is 2.90. The van der Waals surface area contributed by atoms with Gasteiger partial charge in [-0.3, -0.25) is 4.90 Å². The fraction of sp³-hybridized carbons (Fsp3) is 0.192. The Labute approximate surface area is 177 Å². The minimum atomic E-state index is -1.55. The van der Waals surface area contributed by atoms with Crippen LogP contribution in [-0.2, 0) is 4.79 Å². The molecule has 3 unspecified atom stereocenters. The summed E-state index contributed by atoms with van der Waals surface area (Å²) in [5.74, 6) is -1.24. The topological polar surface area (TPSA) is 60.8 Å². The van der Waals surface area contributed by atoms with Gasteiger partial charge in [0.15, 0.2) is 6.10 Å². The smallest absolute Gasteiger partial charge is 0.334 e. The molecule has 2 N–H and O–H groups in total. The first kappa shape index (κ1) is 21.5.